The molecule has 0 aromatic heterocycles. The minimum Gasteiger partial charge on any atom is -0.356 e. The maximum Gasteiger partial charge on any atom is 0.277 e. The van der Waals surface area contributed by atoms with Gasteiger partial charge >= 0.3 is 0 Å². The first-order valence-corrected chi connectivity index (χ1v) is 9.99. The van der Waals surface area contributed by atoms with Crippen molar-refractivity contribution in [1.82, 2.24) is 10.4 Å². The summed E-state index contributed by atoms with van der Waals surface area (Å²) in [4.78, 5) is 25.0. The summed E-state index contributed by atoms with van der Waals surface area (Å²) in [7, 11) is 0. The molecule has 0 saturated carbocycles. The number of fused-ring (bicyclic) bond motifs is 1. The molecule has 1 heterocycles. The van der Waals surface area contributed by atoms with Gasteiger partial charge in [-0.25, -0.2) is 5.06 Å². The Kier molecular flexibility index (Phi) is 5.08. The summed E-state index contributed by atoms with van der Waals surface area (Å²) in [6.07, 6.45) is 3.09. The fourth-order valence-corrected chi connectivity index (χ4v) is 4.69. The molecule has 2 aromatic carbocycles. The summed E-state index contributed by atoms with van der Waals surface area (Å²) in [6.45, 7) is 0.594. The fraction of sp³-hybridized carbons (Fsp3) is 0.333. The van der Waals surface area contributed by atoms with Crippen LogP contribution in [0.3, 0.4) is 0 Å². The first kappa shape index (κ1) is 19.2. The maximum absolute atomic E-state index is 12.7. The second-order valence-corrected chi connectivity index (χ2v) is 8.32. The topological polar surface area (TPSA) is 69.6 Å². The Morgan fingerprint density at radius 2 is 1.89 bits per heavy atom. The molecule has 1 aliphatic heterocycles. The van der Waals surface area contributed by atoms with Crippen LogP contribution < -0.4 is 5.32 Å². The summed E-state index contributed by atoms with van der Waals surface area (Å²) in [5.74, 6) is -0.429. The molecule has 4 rings (SSSR count). The van der Waals surface area contributed by atoms with Gasteiger partial charge in [0.2, 0.25) is 5.91 Å². The molecule has 1 fully saturated rings. The molecule has 28 heavy (non-hydrogen) atoms. The van der Waals surface area contributed by atoms with Gasteiger partial charge in [-0.15, -0.1) is 0 Å². The minimum absolute atomic E-state index is 0.104. The highest BCUT2D eigenvalue weighted by molar-refractivity contribution is 6.36. The Morgan fingerprint density at radius 3 is 2.57 bits per heavy atom. The smallest absolute Gasteiger partial charge is 0.277 e. The lowest BCUT2D eigenvalue weighted by atomic mass is 9.70. The molecule has 0 unspecified atom stereocenters. The number of benzene rings is 2. The van der Waals surface area contributed by atoms with Gasteiger partial charge in [0.05, 0.1) is 12.0 Å². The Bertz CT molecular complexity index is 942. The van der Waals surface area contributed by atoms with Crippen LogP contribution in [-0.4, -0.2) is 28.6 Å². The standard InChI is InChI=1S/C21H20Cl2N2O3/c22-17-2-1-3-18(23)16(17)12-25(28)19(26)14-5-4-13-6-7-21(11-15(13)10-14)8-9-24-20(21)27/h1-5,10,28H,6-9,11-12H2,(H,24,27)/t21-/m0/s1. The monoisotopic (exact) mass is 418 g/mol. The Balaban J connectivity index is 1.56. The zero-order chi connectivity index (χ0) is 19.9. The van der Waals surface area contributed by atoms with Crippen molar-refractivity contribution in [2.45, 2.75) is 32.2 Å². The van der Waals surface area contributed by atoms with E-state index in [0.717, 1.165) is 30.4 Å². The fourth-order valence-electron chi connectivity index (χ4n) is 4.17. The van der Waals surface area contributed by atoms with Crippen LogP contribution in [-0.2, 0) is 24.2 Å². The van der Waals surface area contributed by atoms with Crippen LogP contribution in [0.5, 0.6) is 0 Å². The number of nitrogens with one attached hydrogen (secondary N) is 1. The second kappa shape index (κ2) is 7.39. The van der Waals surface area contributed by atoms with E-state index in [0.29, 0.717) is 39.2 Å². The summed E-state index contributed by atoms with van der Waals surface area (Å²) < 4.78 is 0. The molecular formula is C21H20Cl2N2O3. The van der Waals surface area contributed by atoms with E-state index in [4.69, 9.17) is 23.2 Å². The van der Waals surface area contributed by atoms with Crippen LogP contribution in [0.1, 0.15) is 39.9 Å². The van der Waals surface area contributed by atoms with Gasteiger partial charge in [0.1, 0.15) is 0 Å². The third kappa shape index (κ3) is 3.39. The van der Waals surface area contributed by atoms with Gasteiger partial charge < -0.3 is 5.32 Å². The van der Waals surface area contributed by atoms with Crippen molar-refractivity contribution >= 4 is 35.0 Å². The molecule has 2 amide bonds. The summed E-state index contributed by atoms with van der Waals surface area (Å²) in [5.41, 5.74) is 2.65. The number of hydrogen-bond acceptors (Lipinski definition) is 3. The molecule has 5 nitrogen and oxygen atoms in total. The van der Waals surface area contributed by atoms with Gasteiger partial charge in [0.15, 0.2) is 0 Å². The SMILES string of the molecule is O=C(c1ccc2c(c1)C[C@@]1(CCNC1=O)CC2)N(O)Cc1c(Cl)cccc1Cl. The Labute approximate surface area is 173 Å². The molecule has 1 spiro atoms. The highest BCUT2D eigenvalue weighted by Gasteiger charge is 2.44. The summed E-state index contributed by atoms with van der Waals surface area (Å²) in [6, 6.07) is 10.4. The second-order valence-electron chi connectivity index (χ2n) is 7.51. The quantitative estimate of drug-likeness (QED) is 0.583. The molecular weight excluding hydrogens is 399 g/mol. The lowest BCUT2D eigenvalue weighted by Crippen LogP contribution is -2.36. The average molecular weight is 419 g/mol. The van der Waals surface area contributed by atoms with Crippen molar-refractivity contribution in [3.63, 3.8) is 0 Å². The van der Waals surface area contributed by atoms with Crippen molar-refractivity contribution in [3.8, 4) is 0 Å². The van der Waals surface area contributed by atoms with E-state index in [1.807, 2.05) is 6.07 Å². The highest BCUT2D eigenvalue weighted by Crippen LogP contribution is 2.41. The lowest BCUT2D eigenvalue weighted by Gasteiger charge is -2.32. The number of carbonyl (C=O) groups excluding carboxylic acids is 2. The number of amides is 2. The lowest BCUT2D eigenvalue weighted by molar-refractivity contribution is -0.128. The van der Waals surface area contributed by atoms with E-state index in [-0.39, 0.29) is 17.9 Å². The van der Waals surface area contributed by atoms with Crippen molar-refractivity contribution in [3.05, 3.63) is 68.7 Å². The zero-order valence-electron chi connectivity index (χ0n) is 15.2. The van der Waals surface area contributed by atoms with Gasteiger partial charge in [0, 0.05) is 27.7 Å². The van der Waals surface area contributed by atoms with E-state index < -0.39 is 5.91 Å². The van der Waals surface area contributed by atoms with Crippen LogP contribution in [0, 0.1) is 5.41 Å². The molecule has 2 aromatic rings. The number of hydrogen-bond donors (Lipinski definition) is 2. The normalized spacial score (nSPS) is 20.8. The van der Waals surface area contributed by atoms with Gasteiger partial charge in [-0.1, -0.05) is 35.3 Å². The van der Waals surface area contributed by atoms with Crippen LogP contribution in [0.25, 0.3) is 0 Å². The average Bonchev–Trinajstić information content (AvgIpc) is 3.03. The van der Waals surface area contributed by atoms with E-state index in [9.17, 15) is 14.8 Å². The Hall–Kier alpha value is -2.08. The van der Waals surface area contributed by atoms with Crippen LogP contribution in [0.4, 0.5) is 0 Å². The molecule has 2 aliphatic rings. The highest BCUT2D eigenvalue weighted by atomic mass is 35.5. The number of rotatable bonds is 3. The maximum atomic E-state index is 12.7. The van der Waals surface area contributed by atoms with Gasteiger partial charge in [0.25, 0.3) is 5.91 Å². The van der Waals surface area contributed by atoms with E-state index in [2.05, 4.69) is 5.32 Å². The van der Waals surface area contributed by atoms with Crippen LogP contribution >= 0.6 is 23.2 Å². The number of nitrogens with zero attached hydrogens (tertiary/aromatic N) is 1. The van der Waals surface area contributed by atoms with E-state index >= 15 is 0 Å². The molecule has 146 valence electrons. The predicted octanol–water partition coefficient (Wildman–Crippen LogP) is 4.02. The zero-order valence-corrected chi connectivity index (χ0v) is 16.7. The van der Waals surface area contributed by atoms with Crippen molar-refractivity contribution in [1.29, 1.82) is 0 Å². The largest absolute Gasteiger partial charge is 0.356 e. The van der Waals surface area contributed by atoms with Crippen molar-refractivity contribution in [2.75, 3.05) is 6.54 Å². The molecule has 1 aliphatic carbocycles. The van der Waals surface area contributed by atoms with Gasteiger partial charge in [-0.3, -0.25) is 14.8 Å². The van der Waals surface area contributed by atoms with Crippen molar-refractivity contribution in [2.24, 2.45) is 5.41 Å². The molecule has 1 saturated heterocycles. The third-order valence-corrected chi connectivity index (χ3v) is 6.54. The molecule has 0 bridgehead atoms. The first-order valence-electron chi connectivity index (χ1n) is 9.23. The molecule has 2 N–H and O–H groups in total. The van der Waals surface area contributed by atoms with Crippen LogP contribution in [0.15, 0.2) is 36.4 Å². The van der Waals surface area contributed by atoms with E-state index in [1.54, 1.807) is 30.3 Å². The number of hydroxylamine groups is 2. The predicted molar refractivity (Wildman–Crippen MR) is 107 cm³/mol. The number of halogens is 2. The third-order valence-electron chi connectivity index (χ3n) is 5.83. The molecule has 0 radical (unpaired) electrons. The van der Waals surface area contributed by atoms with Gasteiger partial charge in [-0.05, 0) is 61.1 Å². The number of carbonyl (C=O) groups is 2. The molecule has 1 atom stereocenters. The first-order chi connectivity index (χ1) is 13.4. The summed E-state index contributed by atoms with van der Waals surface area (Å²) >= 11 is 12.3. The number of aryl methyl sites for hydroxylation is 1. The Morgan fingerprint density at radius 1 is 1.14 bits per heavy atom. The summed E-state index contributed by atoms with van der Waals surface area (Å²) in [5, 5.41) is 14.6. The van der Waals surface area contributed by atoms with E-state index in [1.165, 1.54) is 0 Å². The van der Waals surface area contributed by atoms with Gasteiger partial charge in [-0.2, -0.15) is 0 Å². The minimum atomic E-state index is -0.533. The van der Waals surface area contributed by atoms with Crippen molar-refractivity contribution < 1.29 is 14.8 Å². The van der Waals surface area contributed by atoms with Crippen LogP contribution in [0.2, 0.25) is 10.0 Å². The molecule has 7 heteroatoms.